The summed E-state index contributed by atoms with van der Waals surface area (Å²) in [6.45, 7) is 8.96. The highest BCUT2D eigenvalue weighted by Gasteiger charge is 2.36. The summed E-state index contributed by atoms with van der Waals surface area (Å²) in [5.74, 6) is 3.88. The van der Waals surface area contributed by atoms with Gasteiger partial charge in [0.1, 0.15) is 11.5 Å². The lowest BCUT2D eigenvalue weighted by Gasteiger charge is -2.37. The number of hydrogen-bond donors (Lipinski definition) is 1. The van der Waals surface area contributed by atoms with Crippen molar-refractivity contribution in [3.8, 4) is 0 Å². The van der Waals surface area contributed by atoms with Crippen LogP contribution in [0.1, 0.15) is 44.1 Å². The van der Waals surface area contributed by atoms with Crippen molar-refractivity contribution in [2.75, 3.05) is 19.6 Å². The Morgan fingerprint density at radius 3 is 2.72 bits per heavy atom. The molecule has 100 valence electrons. The summed E-state index contributed by atoms with van der Waals surface area (Å²) < 4.78 is 6.01. The van der Waals surface area contributed by atoms with Gasteiger partial charge in [-0.2, -0.15) is 0 Å². The van der Waals surface area contributed by atoms with Crippen LogP contribution in [0.5, 0.6) is 0 Å². The van der Waals surface area contributed by atoms with Crippen LogP contribution in [0.25, 0.3) is 0 Å². The first kappa shape index (κ1) is 12.2. The summed E-state index contributed by atoms with van der Waals surface area (Å²) in [4.78, 5) is 2.55. The van der Waals surface area contributed by atoms with Gasteiger partial charge in [0.25, 0.3) is 0 Å². The summed E-state index contributed by atoms with van der Waals surface area (Å²) >= 11 is 0. The summed E-state index contributed by atoms with van der Waals surface area (Å²) in [6.07, 6.45) is 2.52. The first-order chi connectivity index (χ1) is 8.78. The van der Waals surface area contributed by atoms with Crippen molar-refractivity contribution in [3.05, 3.63) is 23.7 Å². The molecule has 1 saturated heterocycles. The second-order valence-electron chi connectivity index (χ2n) is 5.91. The summed E-state index contributed by atoms with van der Waals surface area (Å²) in [5.41, 5.74) is 0. The third-order valence-electron chi connectivity index (χ3n) is 4.30. The molecule has 3 rings (SSSR count). The smallest absolute Gasteiger partial charge is 0.118 e. The van der Waals surface area contributed by atoms with Crippen molar-refractivity contribution in [2.45, 2.75) is 45.2 Å². The Morgan fingerprint density at radius 2 is 2.17 bits per heavy atom. The van der Waals surface area contributed by atoms with Crippen LogP contribution in [0, 0.1) is 5.92 Å². The number of nitrogens with one attached hydrogen (secondary N) is 1. The van der Waals surface area contributed by atoms with Gasteiger partial charge in [0.15, 0.2) is 0 Å². The van der Waals surface area contributed by atoms with Gasteiger partial charge >= 0.3 is 0 Å². The molecule has 1 aliphatic heterocycles. The lowest BCUT2D eigenvalue weighted by molar-refractivity contribution is 0.127. The van der Waals surface area contributed by atoms with Crippen LogP contribution in [0.15, 0.2) is 16.5 Å². The lowest BCUT2D eigenvalue weighted by Crippen LogP contribution is -2.56. The molecule has 1 aromatic rings. The van der Waals surface area contributed by atoms with E-state index in [2.05, 4.69) is 36.2 Å². The Morgan fingerprint density at radius 1 is 1.39 bits per heavy atom. The lowest BCUT2D eigenvalue weighted by atomic mass is 10.1. The molecule has 2 heterocycles. The third-order valence-corrected chi connectivity index (χ3v) is 4.30. The Kier molecular flexibility index (Phi) is 3.44. The molecule has 0 amide bonds. The van der Waals surface area contributed by atoms with Gasteiger partial charge in [-0.05, 0) is 37.4 Å². The highest BCUT2D eigenvalue weighted by atomic mass is 16.3. The molecule has 0 spiro atoms. The zero-order valence-electron chi connectivity index (χ0n) is 11.5. The van der Waals surface area contributed by atoms with Crippen molar-refractivity contribution in [1.29, 1.82) is 0 Å². The fourth-order valence-corrected chi connectivity index (χ4v) is 2.81. The molecule has 3 heteroatoms. The third kappa shape index (κ3) is 2.47. The van der Waals surface area contributed by atoms with Crippen LogP contribution >= 0.6 is 0 Å². The number of rotatable bonds is 6. The van der Waals surface area contributed by atoms with E-state index in [-0.39, 0.29) is 0 Å². The molecule has 1 aromatic heterocycles. The quantitative estimate of drug-likeness (QED) is 0.839. The van der Waals surface area contributed by atoms with Crippen molar-refractivity contribution in [3.63, 3.8) is 0 Å². The van der Waals surface area contributed by atoms with E-state index in [0.717, 1.165) is 31.3 Å². The Hall–Kier alpha value is -0.800. The molecular formula is C15H24N2O. The van der Waals surface area contributed by atoms with Gasteiger partial charge in [-0.3, -0.25) is 4.90 Å². The molecule has 18 heavy (non-hydrogen) atoms. The van der Waals surface area contributed by atoms with Crippen molar-refractivity contribution in [2.24, 2.45) is 5.92 Å². The predicted octanol–water partition coefficient (Wildman–Crippen LogP) is 2.59. The molecule has 1 aliphatic carbocycles. The van der Waals surface area contributed by atoms with E-state index in [1.54, 1.807) is 0 Å². The standard InChI is InChI=1S/C15H24N2O/c1-3-6-17(12-8-16-9-12)10-13-4-5-15(18-13)14-7-11(14)2/h4-5,11-12,14,16H,3,6-10H2,1-2H3. The predicted molar refractivity (Wildman–Crippen MR) is 72.6 cm³/mol. The van der Waals surface area contributed by atoms with E-state index in [0.29, 0.717) is 12.0 Å². The molecule has 2 unspecified atom stereocenters. The first-order valence-electron chi connectivity index (χ1n) is 7.31. The van der Waals surface area contributed by atoms with Crippen LogP contribution in [0.4, 0.5) is 0 Å². The first-order valence-corrected chi connectivity index (χ1v) is 7.31. The Balaban J connectivity index is 1.60. The van der Waals surface area contributed by atoms with Gasteiger partial charge in [0, 0.05) is 25.0 Å². The average molecular weight is 248 g/mol. The van der Waals surface area contributed by atoms with Gasteiger partial charge in [-0.15, -0.1) is 0 Å². The summed E-state index contributed by atoms with van der Waals surface area (Å²) in [5, 5.41) is 3.35. The van der Waals surface area contributed by atoms with Gasteiger partial charge in [0.05, 0.1) is 6.54 Å². The second kappa shape index (κ2) is 5.06. The second-order valence-corrected chi connectivity index (χ2v) is 5.91. The molecule has 1 N–H and O–H groups in total. The maximum Gasteiger partial charge on any atom is 0.118 e. The highest BCUT2D eigenvalue weighted by molar-refractivity contribution is 5.17. The maximum absolute atomic E-state index is 6.01. The van der Waals surface area contributed by atoms with Crippen LogP contribution in [-0.4, -0.2) is 30.6 Å². The van der Waals surface area contributed by atoms with E-state index in [9.17, 15) is 0 Å². The van der Waals surface area contributed by atoms with Crippen molar-refractivity contribution >= 4 is 0 Å². The molecule has 0 bridgehead atoms. The van der Waals surface area contributed by atoms with E-state index >= 15 is 0 Å². The summed E-state index contributed by atoms with van der Waals surface area (Å²) in [6, 6.07) is 5.07. The zero-order valence-corrected chi connectivity index (χ0v) is 11.5. The molecule has 0 radical (unpaired) electrons. The largest absolute Gasteiger partial charge is 0.464 e. The van der Waals surface area contributed by atoms with Crippen LogP contribution in [-0.2, 0) is 6.54 Å². The zero-order chi connectivity index (χ0) is 12.5. The number of hydrogen-bond acceptors (Lipinski definition) is 3. The minimum Gasteiger partial charge on any atom is -0.464 e. The van der Waals surface area contributed by atoms with Gasteiger partial charge in [-0.1, -0.05) is 13.8 Å². The number of furan rings is 1. The average Bonchev–Trinajstić information content (AvgIpc) is 2.83. The van der Waals surface area contributed by atoms with Gasteiger partial charge in [0.2, 0.25) is 0 Å². The Bertz CT molecular complexity index is 397. The Labute approximate surface area is 110 Å². The normalized spacial score (nSPS) is 27.5. The van der Waals surface area contributed by atoms with Crippen LogP contribution < -0.4 is 5.32 Å². The van der Waals surface area contributed by atoms with Crippen LogP contribution in [0.2, 0.25) is 0 Å². The summed E-state index contributed by atoms with van der Waals surface area (Å²) in [7, 11) is 0. The van der Waals surface area contributed by atoms with Gasteiger partial charge in [-0.25, -0.2) is 0 Å². The van der Waals surface area contributed by atoms with E-state index in [4.69, 9.17) is 4.42 Å². The fraction of sp³-hybridized carbons (Fsp3) is 0.733. The fourth-order valence-electron chi connectivity index (χ4n) is 2.81. The molecule has 2 aliphatic rings. The molecule has 2 atom stereocenters. The van der Waals surface area contributed by atoms with E-state index < -0.39 is 0 Å². The monoisotopic (exact) mass is 248 g/mol. The van der Waals surface area contributed by atoms with Crippen molar-refractivity contribution < 1.29 is 4.42 Å². The molecule has 0 aromatic carbocycles. The minimum absolute atomic E-state index is 0.698. The topological polar surface area (TPSA) is 28.4 Å². The van der Waals surface area contributed by atoms with E-state index in [1.165, 1.54) is 25.1 Å². The molecule has 1 saturated carbocycles. The van der Waals surface area contributed by atoms with Crippen molar-refractivity contribution in [1.82, 2.24) is 10.2 Å². The highest BCUT2D eigenvalue weighted by Crippen LogP contribution is 2.47. The molecule has 2 fully saturated rings. The van der Waals surface area contributed by atoms with E-state index in [1.807, 2.05) is 0 Å². The SMILES string of the molecule is CCCN(Cc1ccc(C2CC2C)o1)C1CNC1. The number of nitrogens with zero attached hydrogens (tertiary/aromatic N) is 1. The molecule has 3 nitrogen and oxygen atoms in total. The molecular weight excluding hydrogens is 224 g/mol. The van der Waals surface area contributed by atoms with Gasteiger partial charge < -0.3 is 9.73 Å². The minimum atomic E-state index is 0.698. The maximum atomic E-state index is 6.01. The van der Waals surface area contributed by atoms with Crippen LogP contribution in [0.3, 0.4) is 0 Å².